The zero-order chi connectivity index (χ0) is 19.0. The van der Waals surface area contributed by atoms with E-state index >= 15 is 0 Å². The monoisotopic (exact) mass is 380 g/mol. The van der Waals surface area contributed by atoms with E-state index in [0.29, 0.717) is 30.1 Å². The van der Waals surface area contributed by atoms with E-state index in [0.717, 1.165) is 21.5 Å². The van der Waals surface area contributed by atoms with Crippen molar-refractivity contribution in [2.75, 3.05) is 11.9 Å². The molecule has 0 fully saturated rings. The smallest absolute Gasteiger partial charge is 0.246 e. The number of para-hydroxylation sites is 1. The molecule has 0 bridgehead atoms. The van der Waals surface area contributed by atoms with Crippen LogP contribution >= 0.6 is 11.3 Å². The summed E-state index contributed by atoms with van der Waals surface area (Å²) in [7, 11) is 0. The molecule has 0 saturated carbocycles. The summed E-state index contributed by atoms with van der Waals surface area (Å²) in [5.41, 5.74) is 2.92. The van der Waals surface area contributed by atoms with Gasteiger partial charge in [0.2, 0.25) is 11.8 Å². The maximum absolute atomic E-state index is 12.5. The Hall–Kier alpha value is -3.25. The molecular weight excluding hydrogens is 364 g/mol. The van der Waals surface area contributed by atoms with E-state index < -0.39 is 0 Å². The minimum Gasteiger partial charge on any atom is -0.337 e. The Labute approximate surface area is 159 Å². The third-order valence-electron chi connectivity index (χ3n) is 4.58. The molecule has 1 aliphatic rings. The number of aromatic nitrogens is 3. The standard InChI is InChI=1S/C18H16N6O2S/c1-11(25)23-7-6-12-13(8-19)18(27-16(12)9-23)20-17(26)10-24-15-5-3-2-4-14(15)21-22-24/h2-5H,6-7,9-10H2,1H3,(H,20,26). The number of nitrogens with one attached hydrogen (secondary N) is 1. The van der Waals surface area contributed by atoms with Gasteiger partial charge in [-0.15, -0.1) is 16.4 Å². The van der Waals surface area contributed by atoms with Gasteiger partial charge in [0.05, 0.1) is 17.6 Å². The van der Waals surface area contributed by atoms with Crippen LogP contribution in [-0.4, -0.2) is 38.3 Å². The fraction of sp³-hybridized carbons (Fsp3) is 0.278. The van der Waals surface area contributed by atoms with E-state index in [9.17, 15) is 14.9 Å². The maximum atomic E-state index is 12.5. The average Bonchev–Trinajstić information content (AvgIpc) is 3.21. The number of amides is 2. The fourth-order valence-electron chi connectivity index (χ4n) is 3.21. The second kappa shape index (κ2) is 6.81. The Balaban J connectivity index is 1.55. The largest absolute Gasteiger partial charge is 0.337 e. The lowest BCUT2D eigenvalue weighted by Crippen LogP contribution is -2.33. The summed E-state index contributed by atoms with van der Waals surface area (Å²) in [5, 5.41) is 21.0. The highest BCUT2D eigenvalue weighted by Crippen LogP contribution is 2.36. The highest BCUT2D eigenvalue weighted by Gasteiger charge is 2.26. The highest BCUT2D eigenvalue weighted by molar-refractivity contribution is 7.16. The topological polar surface area (TPSA) is 104 Å². The minimum absolute atomic E-state index is 0.00746. The Morgan fingerprint density at radius 2 is 2.19 bits per heavy atom. The molecule has 136 valence electrons. The van der Waals surface area contributed by atoms with Crippen molar-refractivity contribution < 1.29 is 9.59 Å². The first-order valence-electron chi connectivity index (χ1n) is 8.45. The Morgan fingerprint density at radius 3 is 2.96 bits per heavy atom. The molecule has 8 nitrogen and oxygen atoms in total. The van der Waals surface area contributed by atoms with Crippen molar-refractivity contribution in [3.63, 3.8) is 0 Å². The van der Waals surface area contributed by atoms with Crippen LogP contribution in [0.5, 0.6) is 0 Å². The van der Waals surface area contributed by atoms with Crippen LogP contribution in [0, 0.1) is 11.3 Å². The van der Waals surface area contributed by atoms with Crippen molar-refractivity contribution in [2.45, 2.75) is 26.4 Å². The SMILES string of the molecule is CC(=O)N1CCc2c(sc(NC(=O)Cn3nnc4ccccc43)c2C#N)C1. The summed E-state index contributed by atoms with van der Waals surface area (Å²) >= 11 is 1.36. The molecule has 9 heteroatoms. The number of carbonyl (C=O) groups is 2. The quantitative estimate of drug-likeness (QED) is 0.747. The molecule has 4 rings (SSSR count). The summed E-state index contributed by atoms with van der Waals surface area (Å²) in [4.78, 5) is 26.8. The number of carbonyl (C=O) groups excluding carboxylic acids is 2. The van der Waals surface area contributed by atoms with Crippen molar-refractivity contribution in [3.05, 3.63) is 40.3 Å². The van der Waals surface area contributed by atoms with E-state index in [2.05, 4.69) is 21.7 Å². The van der Waals surface area contributed by atoms with E-state index in [4.69, 9.17) is 0 Å². The van der Waals surface area contributed by atoms with E-state index in [1.54, 1.807) is 4.90 Å². The number of benzene rings is 1. The zero-order valence-electron chi connectivity index (χ0n) is 14.6. The Bertz CT molecular complexity index is 1090. The lowest BCUT2D eigenvalue weighted by Gasteiger charge is -2.25. The summed E-state index contributed by atoms with van der Waals surface area (Å²) in [6.45, 7) is 2.61. The van der Waals surface area contributed by atoms with Gasteiger partial charge >= 0.3 is 0 Å². The van der Waals surface area contributed by atoms with E-state index in [1.807, 2.05) is 24.3 Å². The van der Waals surface area contributed by atoms with Gasteiger partial charge in [0.1, 0.15) is 23.1 Å². The molecule has 2 amide bonds. The predicted octanol–water partition coefficient (Wildman–Crippen LogP) is 1.91. The fourth-order valence-corrected chi connectivity index (χ4v) is 4.44. The van der Waals surface area contributed by atoms with Crippen molar-refractivity contribution >= 4 is 39.2 Å². The molecule has 0 unspecified atom stereocenters. The van der Waals surface area contributed by atoms with E-state index in [-0.39, 0.29) is 18.4 Å². The average molecular weight is 380 g/mol. The summed E-state index contributed by atoms with van der Waals surface area (Å²) < 4.78 is 1.53. The van der Waals surface area contributed by atoms with Gasteiger partial charge in [-0.05, 0) is 24.1 Å². The third kappa shape index (κ3) is 3.15. The zero-order valence-corrected chi connectivity index (χ0v) is 15.4. The lowest BCUT2D eigenvalue weighted by molar-refractivity contribution is -0.129. The molecule has 0 radical (unpaired) electrons. The molecular formula is C18H16N6O2S. The first-order valence-corrected chi connectivity index (χ1v) is 9.26. The summed E-state index contributed by atoms with van der Waals surface area (Å²) in [5.74, 6) is -0.264. The van der Waals surface area contributed by atoms with E-state index in [1.165, 1.54) is 22.9 Å². The first kappa shape index (κ1) is 17.2. The number of hydrogen-bond acceptors (Lipinski definition) is 6. The molecule has 1 N–H and O–H groups in total. The number of nitrogens with zero attached hydrogens (tertiary/aromatic N) is 5. The van der Waals surface area contributed by atoms with Gasteiger partial charge in [-0.3, -0.25) is 9.59 Å². The number of rotatable bonds is 3. The van der Waals surface area contributed by atoms with Crippen LogP contribution < -0.4 is 5.32 Å². The van der Waals surface area contributed by atoms with Gasteiger partial charge in [0.25, 0.3) is 0 Å². The van der Waals surface area contributed by atoms with Crippen LogP contribution in [0.1, 0.15) is 22.9 Å². The normalized spacial score (nSPS) is 13.3. The van der Waals surface area contributed by atoms with Crippen molar-refractivity contribution in [1.29, 1.82) is 5.26 Å². The second-order valence-electron chi connectivity index (χ2n) is 6.29. The molecule has 3 heterocycles. The van der Waals surface area contributed by atoms with Crippen molar-refractivity contribution in [2.24, 2.45) is 0 Å². The maximum Gasteiger partial charge on any atom is 0.246 e. The van der Waals surface area contributed by atoms with Gasteiger partial charge in [0.15, 0.2) is 0 Å². The number of thiophene rings is 1. The van der Waals surface area contributed by atoms with Crippen LogP contribution in [0.4, 0.5) is 5.00 Å². The molecule has 1 aromatic carbocycles. The van der Waals surface area contributed by atoms with Crippen LogP contribution in [0.3, 0.4) is 0 Å². The highest BCUT2D eigenvalue weighted by atomic mass is 32.1. The molecule has 0 spiro atoms. The Morgan fingerprint density at radius 1 is 1.37 bits per heavy atom. The number of hydrogen-bond donors (Lipinski definition) is 1. The number of fused-ring (bicyclic) bond motifs is 2. The van der Waals surface area contributed by atoms with Crippen LogP contribution in [-0.2, 0) is 29.1 Å². The molecule has 0 atom stereocenters. The molecule has 2 aromatic heterocycles. The molecule has 0 saturated heterocycles. The van der Waals surface area contributed by atoms with Crippen LogP contribution in [0.15, 0.2) is 24.3 Å². The van der Waals surface area contributed by atoms with Gasteiger partial charge < -0.3 is 10.2 Å². The minimum atomic E-state index is -0.274. The molecule has 27 heavy (non-hydrogen) atoms. The van der Waals surface area contributed by atoms with Crippen molar-refractivity contribution in [3.8, 4) is 6.07 Å². The molecule has 1 aliphatic heterocycles. The van der Waals surface area contributed by atoms with Crippen LogP contribution in [0.2, 0.25) is 0 Å². The molecule has 0 aliphatic carbocycles. The van der Waals surface area contributed by atoms with Crippen LogP contribution in [0.25, 0.3) is 11.0 Å². The van der Waals surface area contributed by atoms with Gasteiger partial charge in [-0.2, -0.15) is 5.26 Å². The van der Waals surface area contributed by atoms with Gasteiger partial charge in [-0.25, -0.2) is 4.68 Å². The summed E-state index contributed by atoms with van der Waals surface area (Å²) in [6, 6.07) is 9.61. The first-order chi connectivity index (χ1) is 13.1. The van der Waals surface area contributed by atoms with Crippen molar-refractivity contribution in [1.82, 2.24) is 19.9 Å². The predicted molar refractivity (Wildman–Crippen MR) is 100.0 cm³/mol. The molecule has 3 aromatic rings. The number of anilines is 1. The van der Waals surface area contributed by atoms with Gasteiger partial charge in [0, 0.05) is 18.3 Å². The second-order valence-corrected chi connectivity index (χ2v) is 7.40. The number of nitriles is 1. The Kier molecular flexibility index (Phi) is 4.33. The summed E-state index contributed by atoms with van der Waals surface area (Å²) in [6.07, 6.45) is 0.623. The lowest BCUT2D eigenvalue weighted by atomic mass is 10.0. The third-order valence-corrected chi connectivity index (χ3v) is 5.71. The van der Waals surface area contributed by atoms with Gasteiger partial charge in [-0.1, -0.05) is 17.3 Å².